The molecule has 0 bridgehead atoms. The van der Waals surface area contributed by atoms with Gasteiger partial charge in [0, 0.05) is 27.2 Å². The monoisotopic (exact) mass is 286 g/mol. The van der Waals surface area contributed by atoms with Crippen molar-refractivity contribution in [3.8, 4) is 10.4 Å². The molecule has 0 spiro atoms. The van der Waals surface area contributed by atoms with Crippen molar-refractivity contribution in [2.75, 3.05) is 5.32 Å². The zero-order valence-corrected chi connectivity index (χ0v) is 12.2. The van der Waals surface area contributed by atoms with Gasteiger partial charge >= 0.3 is 0 Å². The summed E-state index contributed by atoms with van der Waals surface area (Å²) in [7, 11) is 0. The lowest BCUT2D eigenvalue weighted by Crippen LogP contribution is -1.98. The lowest BCUT2D eigenvalue weighted by Gasteiger charge is -2.09. The van der Waals surface area contributed by atoms with Gasteiger partial charge in [-0.15, -0.1) is 22.7 Å². The van der Waals surface area contributed by atoms with Crippen LogP contribution in [0.3, 0.4) is 0 Å². The maximum atomic E-state index is 4.28. The fourth-order valence-electron chi connectivity index (χ4n) is 1.95. The van der Waals surface area contributed by atoms with E-state index < -0.39 is 0 Å². The Morgan fingerprint density at radius 1 is 1.16 bits per heavy atom. The zero-order valence-electron chi connectivity index (χ0n) is 10.6. The molecule has 3 rings (SSSR count). The smallest absolute Gasteiger partial charge is 0.0897 e. The highest BCUT2D eigenvalue weighted by atomic mass is 32.1. The predicted molar refractivity (Wildman–Crippen MR) is 83.9 cm³/mol. The van der Waals surface area contributed by atoms with Gasteiger partial charge in [0.15, 0.2) is 0 Å². The van der Waals surface area contributed by atoms with Crippen molar-refractivity contribution in [1.29, 1.82) is 0 Å². The Bertz CT molecular complexity index is 656. The summed E-state index contributed by atoms with van der Waals surface area (Å²) in [6.07, 6.45) is 1.95. The Hall–Kier alpha value is -1.65. The van der Waals surface area contributed by atoms with Crippen molar-refractivity contribution in [1.82, 2.24) is 4.98 Å². The number of thiazole rings is 1. The van der Waals surface area contributed by atoms with Crippen LogP contribution in [0.5, 0.6) is 0 Å². The molecule has 0 aliphatic heterocycles. The van der Waals surface area contributed by atoms with Gasteiger partial charge in [-0.05, 0) is 24.4 Å². The average Bonchev–Trinajstić information content (AvgIpc) is 3.08. The van der Waals surface area contributed by atoms with Crippen LogP contribution in [0.15, 0.2) is 48.0 Å². The standard InChI is InChI=1S/C15H14N2S2/c1-11-16-9-12(19-11)10-17-14-6-3-2-5-13(14)15-7-4-8-18-15/h2-9,17H,10H2,1H3. The summed E-state index contributed by atoms with van der Waals surface area (Å²) in [6, 6.07) is 12.7. The molecule has 0 unspecified atom stereocenters. The minimum absolute atomic E-state index is 0.827. The third-order valence-corrected chi connectivity index (χ3v) is 4.65. The second kappa shape index (κ2) is 5.55. The minimum atomic E-state index is 0.827. The predicted octanol–water partition coefficient (Wildman–Crippen LogP) is 4.79. The first-order valence-corrected chi connectivity index (χ1v) is 7.80. The molecule has 19 heavy (non-hydrogen) atoms. The Balaban J connectivity index is 1.81. The van der Waals surface area contributed by atoms with Gasteiger partial charge in [-0.2, -0.15) is 0 Å². The van der Waals surface area contributed by atoms with Crippen LogP contribution in [0.1, 0.15) is 9.88 Å². The Morgan fingerprint density at radius 3 is 2.79 bits per heavy atom. The molecule has 0 aliphatic carbocycles. The third kappa shape index (κ3) is 2.85. The summed E-state index contributed by atoms with van der Waals surface area (Å²) in [5.41, 5.74) is 2.44. The molecule has 1 aromatic carbocycles. The first-order chi connectivity index (χ1) is 9.33. The lowest BCUT2D eigenvalue weighted by atomic mass is 10.1. The average molecular weight is 286 g/mol. The summed E-state index contributed by atoms with van der Waals surface area (Å²) in [5, 5.41) is 6.73. The number of aromatic nitrogens is 1. The van der Waals surface area contributed by atoms with E-state index in [0.717, 1.165) is 11.6 Å². The summed E-state index contributed by atoms with van der Waals surface area (Å²) in [5.74, 6) is 0. The number of anilines is 1. The molecule has 0 fully saturated rings. The van der Waals surface area contributed by atoms with E-state index in [2.05, 4.69) is 52.1 Å². The van der Waals surface area contributed by atoms with Crippen molar-refractivity contribution in [3.05, 3.63) is 57.9 Å². The number of rotatable bonds is 4. The summed E-state index contributed by atoms with van der Waals surface area (Å²) in [4.78, 5) is 6.84. The van der Waals surface area contributed by atoms with Crippen LogP contribution in [0, 0.1) is 6.92 Å². The topological polar surface area (TPSA) is 24.9 Å². The molecule has 96 valence electrons. The number of para-hydroxylation sites is 1. The number of hydrogen-bond donors (Lipinski definition) is 1. The Kier molecular flexibility index (Phi) is 3.62. The highest BCUT2D eigenvalue weighted by molar-refractivity contribution is 7.13. The van der Waals surface area contributed by atoms with E-state index in [-0.39, 0.29) is 0 Å². The van der Waals surface area contributed by atoms with Crippen molar-refractivity contribution < 1.29 is 0 Å². The van der Waals surface area contributed by atoms with Gasteiger partial charge in [0.05, 0.1) is 11.6 Å². The van der Waals surface area contributed by atoms with Crippen LogP contribution in [0.4, 0.5) is 5.69 Å². The zero-order chi connectivity index (χ0) is 13.1. The molecular formula is C15H14N2S2. The van der Waals surface area contributed by atoms with Gasteiger partial charge in [0.2, 0.25) is 0 Å². The number of thiophene rings is 1. The summed E-state index contributed by atoms with van der Waals surface area (Å²) >= 11 is 3.51. The molecule has 0 atom stereocenters. The van der Waals surface area contributed by atoms with Gasteiger partial charge in [-0.25, -0.2) is 4.98 Å². The largest absolute Gasteiger partial charge is 0.380 e. The molecule has 2 heterocycles. The van der Waals surface area contributed by atoms with Gasteiger partial charge in [-0.3, -0.25) is 0 Å². The fraction of sp³-hybridized carbons (Fsp3) is 0.133. The van der Waals surface area contributed by atoms with E-state index in [1.807, 2.05) is 13.1 Å². The number of hydrogen-bond acceptors (Lipinski definition) is 4. The van der Waals surface area contributed by atoms with Crippen LogP contribution in [-0.2, 0) is 6.54 Å². The van der Waals surface area contributed by atoms with Crippen LogP contribution in [0.25, 0.3) is 10.4 Å². The van der Waals surface area contributed by atoms with Gasteiger partial charge < -0.3 is 5.32 Å². The second-order valence-corrected chi connectivity index (χ2v) is 6.49. The normalized spacial score (nSPS) is 10.6. The highest BCUT2D eigenvalue weighted by Gasteiger charge is 2.05. The van der Waals surface area contributed by atoms with Gasteiger partial charge in [0.1, 0.15) is 0 Å². The molecular weight excluding hydrogens is 272 g/mol. The van der Waals surface area contributed by atoms with Crippen molar-refractivity contribution in [3.63, 3.8) is 0 Å². The highest BCUT2D eigenvalue weighted by Crippen LogP contribution is 2.31. The fourth-order valence-corrected chi connectivity index (χ4v) is 3.45. The molecule has 0 saturated heterocycles. The number of benzene rings is 1. The van der Waals surface area contributed by atoms with Crippen LogP contribution < -0.4 is 5.32 Å². The Labute approximate surface area is 120 Å². The second-order valence-electron chi connectivity index (χ2n) is 4.22. The number of nitrogens with zero attached hydrogens (tertiary/aromatic N) is 1. The van der Waals surface area contributed by atoms with E-state index in [4.69, 9.17) is 0 Å². The lowest BCUT2D eigenvalue weighted by molar-refractivity contribution is 1.17. The molecule has 1 N–H and O–H groups in total. The molecule has 3 aromatic rings. The quantitative estimate of drug-likeness (QED) is 0.745. The molecule has 0 amide bonds. The maximum Gasteiger partial charge on any atom is 0.0897 e. The molecule has 0 aliphatic rings. The van der Waals surface area contributed by atoms with Gasteiger partial charge in [-0.1, -0.05) is 24.3 Å². The third-order valence-electron chi connectivity index (χ3n) is 2.84. The van der Waals surface area contributed by atoms with Crippen LogP contribution >= 0.6 is 22.7 Å². The SMILES string of the molecule is Cc1ncc(CNc2ccccc2-c2cccs2)s1. The van der Waals surface area contributed by atoms with Crippen molar-refractivity contribution in [2.24, 2.45) is 0 Å². The minimum Gasteiger partial charge on any atom is -0.380 e. The van der Waals surface area contributed by atoms with Crippen LogP contribution in [-0.4, -0.2) is 4.98 Å². The molecule has 4 heteroatoms. The first-order valence-electron chi connectivity index (χ1n) is 6.11. The maximum absolute atomic E-state index is 4.28. The molecule has 0 saturated carbocycles. The van der Waals surface area contributed by atoms with E-state index >= 15 is 0 Å². The molecule has 0 radical (unpaired) electrons. The van der Waals surface area contributed by atoms with E-state index in [1.54, 1.807) is 22.7 Å². The van der Waals surface area contributed by atoms with Gasteiger partial charge in [0.25, 0.3) is 0 Å². The van der Waals surface area contributed by atoms with Crippen molar-refractivity contribution >= 4 is 28.4 Å². The summed E-state index contributed by atoms with van der Waals surface area (Å²) in [6.45, 7) is 2.86. The van der Waals surface area contributed by atoms with E-state index in [1.165, 1.54) is 21.0 Å². The first kappa shape index (κ1) is 12.4. The number of nitrogens with one attached hydrogen (secondary N) is 1. The Morgan fingerprint density at radius 2 is 2.05 bits per heavy atom. The van der Waals surface area contributed by atoms with E-state index in [0.29, 0.717) is 0 Å². The van der Waals surface area contributed by atoms with E-state index in [9.17, 15) is 0 Å². The molecule has 2 aromatic heterocycles. The number of aryl methyl sites for hydroxylation is 1. The summed E-state index contributed by atoms with van der Waals surface area (Å²) < 4.78 is 0. The van der Waals surface area contributed by atoms with Crippen LogP contribution in [0.2, 0.25) is 0 Å². The molecule has 2 nitrogen and oxygen atoms in total. The van der Waals surface area contributed by atoms with Crippen molar-refractivity contribution in [2.45, 2.75) is 13.5 Å².